The van der Waals surface area contributed by atoms with Crippen LogP contribution >= 0.6 is 0 Å². The summed E-state index contributed by atoms with van der Waals surface area (Å²) in [4.78, 5) is 25.7. The highest BCUT2D eigenvalue weighted by Crippen LogP contribution is 2.36. The van der Waals surface area contributed by atoms with Crippen LogP contribution in [0.4, 0.5) is 0 Å². The Morgan fingerprint density at radius 1 is 0.900 bits per heavy atom. The fraction of sp³-hybridized carbons (Fsp3) is 0.120. The van der Waals surface area contributed by atoms with E-state index >= 15 is 0 Å². The first-order chi connectivity index (χ1) is 14.8. The summed E-state index contributed by atoms with van der Waals surface area (Å²) in [6.07, 6.45) is 6.67. The number of pyridine rings is 1. The van der Waals surface area contributed by atoms with E-state index in [9.17, 15) is 4.79 Å². The highest BCUT2D eigenvalue weighted by atomic mass is 16.1. The lowest BCUT2D eigenvalue weighted by molar-refractivity contribution is -0.124. The molecule has 3 heterocycles. The summed E-state index contributed by atoms with van der Waals surface area (Å²) in [6, 6.07) is 20.6. The Morgan fingerprint density at radius 3 is 2.57 bits per heavy atom. The molecule has 0 saturated heterocycles. The van der Waals surface area contributed by atoms with Crippen LogP contribution in [0.2, 0.25) is 0 Å². The van der Waals surface area contributed by atoms with Crippen LogP contribution in [-0.4, -0.2) is 25.1 Å². The van der Waals surface area contributed by atoms with Gasteiger partial charge < -0.3 is 0 Å². The second-order valence-corrected chi connectivity index (χ2v) is 7.76. The number of fused-ring (bicyclic) bond motifs is 2. The Labute approximate surface area is 173 Å². The Hall–Kier alpha value is -3.86. The average Bonchev–Trinajstić information content (AvgIpc) is 3.16. The monoisotopic (exact) mass is 390 g/mol. The standard InChI is InChI=1S/C25H18N4O/c30-20-12-19(13-20)25-28-24(23-15-26-10-11-29(23)25)18-7-6-17-8-9-21(27-22(17)14-18)16-4-2-1-3-5-16/h1-11,14-15,19H,12-13H2. The molecule has 5 aromatic rings. The normalized spacial score (nSPS) is 14.3. The van der Waals surface area contributed by atoms with Crippen molar-refractivity contribution in [1.29, 1.82) is 0 Å². The maximum atomic E-state index is 11.5. The number of aromatic nitrogens is 4. The summed E-state index contributed by atoms with van der Waals surface area (Å²) in [6.45, 7) is 0. The van der Waals surface area contributed by atoms with Gasteiger partial charge in [-0.3, -0.25) is 14.2 Å². The summed E-state index contributed by atoms with van der Waals surface area (Å²) in [5.41, 5.74) is 5.81. The lowest BCUT2D eigenvalue weighted by Crippen LogP contribution is -2.23. The maximum Gasteiger partial charge on any atom is 0.134 e. The maximum absolute atomic E-state index is 11.5. The quantitative estimate of drug-likeness (QED) is 0.432. The molecule has 0 atom stereocenters. The number of imidazole rings is 1. The molecule has 0 unspecified atom stereocenters. The van der Waals surface area contributed by atoms with E-state index in [1.165, 1.54) is 0 Å². The molecule has 1 saturated carbocycles. The molecule has 144 valence electrons. The van der Waals surface area contributed by atoms with E-state index in [-0.39, 0.29) is 5.92 Å². The summed E-state index contributed by atoms with van der Waals surface area (Å²) in [5, 5.41) is 1.09. The second-order valence-electron chi connectivity index (χ2n) is 7.76. The first-order valence-corrected chi connectivity index (χ1v) is 10.1. The van der Waals surface area contributed by atoms with Gasteiger partial charge in [0.1, 0.15) is 11.6 Å². The number of hydrogen-bond donors (Lipinski definition) is 0. The van der Waals surface area contributed by atoms with Gasteiger partial charge in [0.2, 0.25) is 0 Å². The van der Waals surface area contributed by atoms with E-state index in [2.05, 4.69) is 51.8 Å². The van der Waals surface area contributed by atoms with Crippen molar-refractivity contribution >= 4 is 22.2 Å². The van der Waals surface area contributed by atoms with Gasteiger partial charge in [-0.15, -0.1) is 0 Å². The minimum atomic E-state index is 0.185. The summed E-state index contributed by atoms with van der Waals surface area (Å²) in [5.74, 6) is 1.42. The van der Waals surface area contributed by atoms with Crippen LogP contribution in [0.1, 0.15) is 24.6 Å². The number of ketones is 1. The van der Waals surface area contributed by atoms with Crippen LogP contribution in [-0.2, 0) is 4.79 Å². The van der Waals surface area contributed by atoms with Crippen LogP contribution in [0.15, 0.2) is 79.3 Å². The third-order valence-electron chi connectivity index (χ3n) is 5.82. The topological polar surface area (TPSA) is 60.2 Å². The predicted octanol–water partition coefficient (Wildman–Crippen LogP) is 5.06. The van der Waals surface area contributed by atoms with Gasteiger partial charge in [-0.25, -0.2) is 9.97 Å². The van der Waals surface area contributed by atoms with Crippen molar-refractivity contribution in [3.8, 4) is 22.5 Å². The van der Waals surface area contributed by atoms with E-state index < -0.39 is 0 Å². The third-order valence-corrected chi connectivity index (χ3v) is 5.82. The molecule has 30 heavy (non-hydrogen) atoms. The minimum absolute atomic E-state index is 0.185. The number of hydrogen-bond acceptors (Lipinski definition) is 4. The SMILES string of the molecule is O=C1CC(c2nc(-c3ccc4ccc(-c5ccccc5)nc4c3)c3cnccn23)C1. The summed E-state index contributed by atoms with van der Waals surface area (Å²) < 4.78 is 2.07. The van der Waals surface area contributed by atoms with Gasteiger partial charge in [0.15, 0.2) is 0 Å². The summed E-state index contributed by atoms with van der Waals surface area (Å²) in [7, 11) is 0. The zero-order valence-electron chi connectivity index (χ0n) is 16.2. The number of benzene rings is 2. The first-order valence-electron chi connectivity index (χ1n) is 10.1. The van der Waals surface area contributed by atoms with Crippen molar-refractivity contribution in [2.75, 3.05) is 0 Å². The van der Waals surface area contributed by atoms with Gasteiger partial charge in [-0.05, 0) is 12.1 Å². The van der Waals surface area contributed by atoms with Gasteiger partial charge >= 0.3 is 0 Å². The van der Waals surface area contributed by atoms with Crippen molar-refractivity contribution in [3.05, 3.63) is 85.1 Å². The second kappa shape index (κ2) is 6.59. The molecule has 0 N–H and O–H groups in total. The number of nitrogens with zero attached hydrogens (tertiary/aromatic N) is 4. The Morgan fingerprint density at radius 2 is 1.73 bits per heavy atom. The molecule has 0 amide bonds. The molecule has 5 heteroatoms. The highest BCUT2D eigenvalue weighted by Gasteiger charge is 2.32. The number of Topliss-reactive ketones (excluding diaryl/α,β-unsaturated/α-hetero) is 1. The lowest BCUT2D eigenvalue weighted by Gasteiger charge is -2.22. The van der Waals surface area contributed by atoms with Gasteiger partial charge in [-0.2, -0.15) is 0 Å². The number of carbonyl (C=O) groups excluding carboxylic acids is 1. The zero-order chi connectivity index (χ0) is 20.1. The smallest absolute Gasteiger partial charge is 0.134 e. The molecule has 0 spiro atoms. The van der Waals surface area contributed by atoms with Crippen LogP contribution in [0.25, 0.3) is 38.9 Å². The van der Waals surface area contributed by atoms with Crippen LogP contribution in [0, 0.1) is 0 Å². The molecule has 0 radical (unpaired) electrons. The van der Waals surface area contributed by atoms with E-state index in [1.807, 2.05) is 30.6 Å². The highest BCUT2D eigenvalue weighted by molar-refractivity contribution is 5.89. The molecule has 6 rings (SSSR count). The third kappa shape index (κ3) is 2.70. The Bertz CT molecular complexity index is 1410. The van der Waals surface area contributed by atoms with Crippen molar-refractivity contribution < 1.29 is 4.79 Å². The van der Waals surface area contributed by atoms with Gasteiger partial charge in [0, 0.05) is 47.7 Å². The zero-order valence-corrected chi connectivity index (χ0v) is 16.2. The molecular formula is C25H18N4O. The number of carbonyl (C=O) groups is 1. The minimum Gasteiger partial charge on any atom is -0.300 e. The van der Waals surface area contributed by atoms with Crippen LogP contribution in [0.5, 0.6) is 0 Å². The average molecular weight is 390 g/mol. The van der Waals surface area contributed by atoms with Crippen molar-refractivity contribution in [1.82, 2.24) is 19.4 Å². The van der Waals surface area contributed by atoms with Crippen molar-refractivity contribution in [2.24, 2.45) is 0 Å². The van der Waals surface area contributed by atoms with Gasteiger partial charge in [0.05, 0.1) is 28.6 Å². The molecule has 1 aliphatic carbocycles. The number of rotatable bonds is 3. The van der Waals surface area contributed by atoms with Crippen molar-refractivity contribution in [2.45, 2.75) is 18.8 Å². The van der Waals surface area contributed by atoms with Crippen LogP contribution < -0.4 is 0 Å². The molecule has 2 aromatic carbocycles. The molecular weight excluding hydrogens is 372 g/mol. The van der Waals surface area contributed by atoms with Gasteiger partial charge in [0.25, 0.3) is 0 Å². The molecule has 3 aromatic heterocycles. The Balaban J connectivity index is 1.50. The molecule has 1 aliphatic rings. The fourth-order valence-corrected chi connectivity index (χ4v) is 4.17. The molecule has 1 fully saturated rings. The molecule has 0 aliphatic heterocycles. The van der Waals surface area contributed by atoms with E-state index in [1.54, 1.807) is 6.20 Å². The van der Waals surface area contributed by atoms with E-state index in [4.69, 9.17) is 9.97 Å². The largest absolute Gasteiger partial charge is 0.300 e. The molecule has 5 nitrogen and oxygen atoms in total. The first kappa shape index (κ1) is 17.0. The van der Waals surface area contributed by atoms with Crippen LogP contribution in [0.3, 0.4) is 0 Å². The van der Waals surface area contributed by atoms with Gasteiger partial charge in [-0.1, -0.05) is 48.5 Å². The fourth-order valence-electron chi connectivity index (χ4n) is 4.17. The van der Waals surface area contributed by atoms with E-state index in [0.29, 0.717) is 18.6 Å². The molecule has 0 bridgehead atoms. The lowest BCUT2D eigenvalue weighted by atomic mass is 9.83. The Kier molecular flexibility index (Phi) is 3.74. The predicted molar refractivity (Wildman–Crippen MR) is 116 cm³/mol. The van der Waals surface area contributed by atoms with E-state index in [0.717, 1.165) is 44.8 Å². The van der Waals surface area contributed by atoms with Crippen molar-refractivity contribution in [3.63, 3.8) is 0 Å². The summed E-state index contributed by atoms with van der Waals surface area (Å²) >= 11 is 0.